The predicted octanol–water partition coefficient (Wildman–Crippen LogP) is 2.13. The third-order valence-electron chi connectivity index (χ3n) is 2.39. The number of carbonyl (C=O) groups excluding carboxylic acids is 1. The zero-order valence-electron chi connectivity index (χ0n) is 10.6. The minimum Gasteiger partial charge on any atom is -0.296 e. The summed E-state index contributed by atoms with van der Waals surface area (Å²) in [4.78, 5) is 11.9. The molecule has 6 nitrogen and oxygen atoms in total. The van der Waals surface area contributed by atoms with E-state index in [4.69, 9.17) is 0 Å². The predicted molar refractivity (Wildman–Crippen MR) is 72.4 cm³/mol. The van der Waals surface area contributed by atoms with Gasteiger partial charge in [-0.3, -0.25) is 10.1 Å². The number of amides is 1. The average Bonchev–Trinajstić information content (AvgIpc) is 2.86. The van der Waals surface area contributed by atoms with E-state index in [1.807, 2.05) is 0 Å². The van der Waals surface area contributed by atoms with Gasteiger partial charge in [-0.1, -0.05) is 11.3 Å². The highest BCUT2D eigenvalue weighted by Gasteiger charge is 2.16. The Labute approximate surface area is 122 Å². The van der Waals surface area contributed by atoms with Gasteiger partial charge < -0.3 is 0 Å². The molecule has 112 valence electrons. The Bertz CT molecular complexity index is 757. The SMILES string of the molecule is CS(=O)(=O)c1ccc(C(=O)Nc2nnc(C(F)F)s2)cc1. The van der Waals surface area contributed by atoms with Crippen molar-refractivity contribution in [3.63, 3.8) is 0 Å². The molecule has 10 heteroatoms. The van der Waals surface area contributed by atoms with Crippen molar-refractivity contribution >= 4 is 32.2 Å². The van der Waals surface area contributed by atoms with Crippen molar-refractivity contribution < 1.29 is 22.0 Å². The lowest BCUT2D eigenvalue weighted by molar-refractivity contribution is 0.102. The Balaban J connectivity index is 2.13. The Morgan fingerprint density at radius 1 is 1.24 bits per heavy atom. The van der Waals surface area contributed by atoms with Crippen LogP contribution in [0.5, 0.6) is 0 Å². The molecule has 0 radical (unpaired) electrons. The van der Waals surface area contributed by atoms with Crippen molar-refractivity contribution in [2.45, 2.75) is 11.3 Å². The van der Waals surface area contributed by atoms with E-state index < -0.39 is 27.2 Å². The minimum absolute atomic E-state index is 0.0533. The van der Waals surface area contributed by atoms with Gasteiger partial charge in [0.25, 0.3) is 12.3 Å². The van der Waals surface area contributed by atoms with Crippen LogP contribution >= 0.6 is 11.3 Å². The standard InChI is InChI=1S/C11H9F2N3O3S2/c1-21(18,19)7-4-2-6(3-5-7)9(17)14-11-16-15-10(20-11)8(12)13/h2-5,8H,1H3,(H,14,16,17). The summed E-state index contributed by atoms with van der Waals surface area (Å²) in [6.45, 7) is 0. The molecular formula is C11H9F2N3O3S2. The molecule has 0 aliphatic carbocycles. The lowest BCUT2D eigenvalue weighted by atomic mass is 10.2. The van der Waals surface area contributed by atoms with Crippen LogP contribution in [-0.2, 0) is 9.84 Å². The zero-order chi connectivity index (χ0) is 15.6. The van der Waals surface area contributed by atoms with E-state index in [2.05, 4.69) is 15.5 Å². The topological polar surface area (TPSA) is 89.0 Å². The van der Waals surface area contributed by atoms with Crippen LogP contribution in [0, 0.1) is 0 Å². The summed E-state index contributed by atoms with van der Waals surface area (Å²) in [5.74, 6) is -0.591. The van der Waals surface area contributed by atoms with Gasteiger partial charge in [0.2, 0.25) is 5.13 Å². The molecule has 0 aliphatic rings. The van der Waals surface area contributed by atoms with Crippen LogP contribution in [0.25, 0.3) is 0 Å². The highest BCUT2D eigenvalue weighted by atomic mass is 32.2. The number of hydrogen-bond donors (Lipinski definition) is 1. The third kappa shape index (κ3) is 3.79. The summed E-state index contributed by atoms with van der Waals surface area (Å²) in [6, 6.07) is 5.21. The van der Waals surface area contributed by atoms with Crippen molar-refractivity contribution in [1.82, 2.24) is 10.2 Å². The fourth-order valence-electron chi connectivity index (χ4n) is 1.40. The summed E-state index contributed by atoms with van der Waals surface area (Å²) in [7, 11) is -3.35. The van der Waals surface area contributed by atoms with Gasteiger partial charge in [0, 0.05) is 11.8 Å². The van der Waals surface area contributed by atoms with Crippen LogP contribution in [0.3, 0.4) is 0 Å². The normalized spacial score (nSPS) is 11.6. The second kappa shape index (κ2) is 5.82. The first-order valence-electron chi connectivity index (χ1n) is 5.50. The molecule has 0 aliphatic heterocycles. The number of nitrogens with zero attached hydrogens (tertiary/aromatic N) is 2. The zero-order valence-corrected chi connectivity index (χ0v) is 12.2. The maximum Gasteiger partial charge on any atom is 0.291 e. The van der Waals surface area contributed by atoms with Gasteiger partial charge in [-0.25, -0.2) is 17.2 Å². The van der Waals surface area contributed by atoms with Gasteiger partial charge in [-0.15, -0.1) is 10.2 Å². The number of nitrogens with one attached hydrogen (secondary N) is 1. The summed E-state index contributed by atoms with van der Waals surface area (Å²) >= 11 is 0.571. The molecule has 0 spiro atoms. The molecule has 1 aromatic carbocycles. The lowest BCUT2D eigenvalue weighted by Gasteiger charge is -2.02. The molecule has 0 fully saturated rings. The number of hydrogen-bond acceptors (Lipinski definition) is 6. The van der Waals surface area contributed by atoms with Crippen molar-refractivity contribution in [3.8, 4) is 0 Å². The Morgan fingerprint density at radius 3 is 2.33 bits per heavy atom. The first-order valence-corrected chi connectivity index (χ1v) is 8.21. The number of sulfone groups is 1. The molecule has 2 rings (SSSR count). The van der Waals surface area contributed by atoms with E-state index in [1.165, 1.54) is 24.3 Å². The largest absolute Gasteiger partial charge is 0.296 e. The van der Waals surface area contributed by atoms with Gasteiger partial charge in [-0.05, 0) is 24.3 Å². The quantitative estimate of drug-likeness (QED) is 0.926. The van der Waals surface area contributed by atoms with Crippen LogP contribution in [0.2, 0.25) is 0 Å². The Morgan fingerprint density at radius 2 is 1.86 bits per heavy atom. The molecule has 1 heterocycles. The van der Waals surface area contributed by atoms with Crippen LogP contribution in [-0.4, -0.2) is 30.8 Å². The molecule has 1 amide bonds. The monoisotopic (exact) mass is 333 g/mol. The van der Waals surface area contributed by atoms with Crippen molar-refractivity contribution in [1.29, 1.82) is 0 Å². The van der Waals surface area contributed by atoms with E-state index in [0.717, 1.165) is 6.26 Å². The first-order chi connectivity index (χ1) is 9.77. The van der Waals surface area contributed by atoms with Gasteiger partial charge in [-0.2, -0.15) is 0 Å². The molecule has 0 unspecified atom stereocenters. The van der Waals surface area contributed by atoms with E-state index in [0.29, 0.717) is 11.3 Å². The Hall–Kier alpha value is -1.94. The van der Waals surface area contributed by atoms with Gasteiger partial charge in [0.1, 0.15) is 0 Å². The summed E-state index contributed by atoms with van der Waals surface area (Å²) in [5, 5.41) is 8.43. The van der Waals surface area contributed by atoms with E-state index in [1.54, 1.807) is 0 Å². The van der Waals surface area contributed by atoms with Crippen molar-refractivity contribution in [3.05, 3.63) is 34.8 Å². The fourth-order valence-corrected chi connectivity index (χ4v) is 2.62. The molecule has 0 atom stereocenters. The number of alkyl halides is 2. The highest BCUT2D eigenvalue weighted by Crippen LogP contribution is 2.25. The van der Waals surface area contributed by atoms with Gasteiger partial charge in [0.05, 0.1) is 4.90 Å². The van der Waals surface area contributed by atoms with E-state index in [9.17, 15) is 22.0 Å². The minimum atomic E-state index is -3.35. The van der Waals surface area contributed by atoms with Crippen LogP contribution in [0.4, 0.5) is 13.9 Å². The molecule has 1 N–H and O–H groups in total. The smallest absolute Gasteiger partial charge is 0.291 e. The van der Waals surface area contributed by atoms with E-state index >= 15 is 0 Å². The fraction of sp³-hybridized carbons (Fsp3) is 0.182. The number of anilines is 1. The summed E-state index contributed by atoms with van der Waals surface area (Å²) in [5.41, 5.74) is 0.177. The molecule has 21 heavy (non-hydrogen) atoms. The summed E-state index contributed by atoms with van der Waals surface area (Å²) < 4.78 is 47.2. The third-order valence-corrected chi connectivity index (χ3v) is 4.37. The number of halogens is 2. The van der Waals surface area contributed by atoms with Gasteiger partial charge >= 0.3 is 0 Å². The Kier molecular flexibility index (Phi) is 4.28. The van der Waals surface area contributed by atoms with E-state index in [-0.39, 0.29) is 15.6 Å². The number of benzene rings is 1. The second-order valence-corrected chi connectivity index (χ2v) is 7.02. The van der Waals surface area contributed by atoms with Gasteiger partial charge in [0.15, 0.2) is 14.8 Å². The molecule has 0 saturated carbocycles. The summed E-state index contributed by atoms with van der Waals surface area (Å²) in [6.07, 6.45) is -1.70. The lowest BCUT2D eigenvalue weighted by Crippen LogP contribution is -2.11. The number of carbonyl (C=O) groups is 1. The second-order valence-electron chi connectivity index (χ2n) is 4.00. The van der Waals surface area contributed by atoms with Crippen molar-refractivity contribution in [2.24, 2.45) is 0 Å². The molecule has 0 bridgehead atoms. The maximum absolute atomic E-state index is 12.3. The van der Waals surface area contributed by atoms with Crippen LogP contribution in [0.1, 0.15) is 21.8 Å². The maximum atomic E-state index is 12.3. The molecule has 2 aromatic rings. The number of aromatic nitrogens is 2. The average molecular weight is 333 g/mol. The first kappa shape index (κ1) is 15.4. The molecule has 0 saturated heterocycles. The highest BCUT2D eigenvalue weighted by molar-refractivity contribution is 7.90. The van der Waals surface area contributed by atoms with Crippen molar-refractivity contribution in [2.75, 3.05) is 11.6 Å². The molecule has 1 aromatic heterocycles. The van der Waals surface area contributed by atoms with Crippen LogP contribution in [0.15, 0.2) is 29.2 Å². The molecular weight excluding hydrogens is 324 g/mol. The number of rotatable bonds is 4. The van der Waals surface area contributed by atoms with Crippen LogP contribution < -0.4 is 5.32 Å².